The molecule has 1 atom stereocenters. The van der Waals surface area contributed by atoms with Gasteiger partial charge in [0.2, 0.25) is 0 Å². The van der Waals surface area contributed by atoms with Gasteiger partial charge in [-0.15, -0.1) is 0 Å². The number of likely N-dealkylation sites (tertiary alicyclic amines) is 1. The number of nitrogens with zero attached hydrogens (tertiary/aromatic N) is 4. The first-order valence-corrected chi connectivity index (χ1v) is 5.71. The van der Waals surface area contributed by atoms with Crippen LogP contribution in [0.15, 0.2) is 18.5 Å². The highest BCUT2D eigenvalue weighted by Crippen LogP contribution is 2.17. The molecule has 0 aromatic carbocycles. The van der Waals surface area contributed by atoms with Crippen LogP contribution in [-0.4, -0.2) is 43.8 Å². The molecule has 17 heavy (non-hydrogen) atoms. The molecule has 0 aliphatic carbocycles. The lowest BCUT2D eigenvalue weighted by atomic mass is 10.3. The van der Waals surface area contributed by atoms with E-state index >= 15 is 0 Å². The van der Waals surface area contributed by atoms with Gasteiger partial charge in [0, 0.05) is 19.6 Å². The molecule has 0 amide bonds. The van der Waals surface area contributed by atoms with E-state index in [1.807, 2.05) is 16.6 Å². The number of nitrogens with two attached hydrogens (primary N) is 1. The van der Waals surface area contributed by atoms with Crippen molar-refractivity contribution in [3.8, 4) is 0 Å². The predicted molar refractivity (Wildman–Crippen MR) is 63.3 cm³/mol. The number of nitrogen functional groups attached to an aromatic ring is 1. The molecular formula is C11H15N5O. The van der Waals surface area contributed by atoms with Crippen LogP contribution in [0.2, 0.25) is 0 Å². The van der Waals surface area contributed by atoms with Gasteiger partial charge < -0.3 is 10.8 Å². The highest BCUT2D eigenvalue weighted by Gasteiger charge is 2.21. The standard InChI is InChI=1S/C11H15N5O/c12-11-10-2-1-8(16(10)14-7-13-11)5-15-4-3-9(17)6-15/h1-2,7,9,17H,3-6H2,(H2,12,13,14). The topological polar surface area (TPSA) is 79.7 Å². The largest absolute Gasteiger partial charge is 0.392 e. The summed E-state index contributed by atoms with van der Waals surface area (Å²) in [6, 6.07) is 3.93. The monoisotopic (exact) mass is 233 g/mol. The average molecular weight is 233 g/mol. The SMILES string of the molecule is Nc1ncnn2c(CN3CCC(O)C3)ccc12. The van der Waals surface area contributed by atoms with Crippen molar-refractivity contribution >= 4 is 11.3 Å². The van der Waals surface area contributed by atoms with Crippen LogP contribution >= 0.6 is 0 Å². The molecular weight excluding hydrogens is 218 g/mol. The van der Waals surface area contributed by atoms with E-state index in [1.165, 1.54) is 6.33 Å². The van der Waals surface area contributed by atoms with E-state index in [0.29, 0.717) is 5.82 Å². The second-order valence-corrected chi connectivity index (χ2v) is 4.44. The van der Waals surface area contributed by atoms with E-state index in [-0.39, 0.29) is 6.10 Å². The van der Waals surface area contributed by atoms with E-state index in [4.69, 9.17) is 5.73 Å². The van der Waals surface area contributed by atoms with E-state index < -0.39 is 0 Å². The summed E-state index contributed by atoms with van der Waals surface area (Å²) in [4.78, 5) is 6.17. The summed E-state index contributed by atoms with van der Waals surface area (Å²) >= 11 is 0. The fourth-order valence-electron chi connectivity index (χ4n) is 2.31. The van der Waals surface area contributed by atoms with Gasteiger partial charge in [0.25, 0.3) is 0 Å². The number of rotatable bonds is 2. The van der Waals surface area contributed by atoms with Crippen molar-refractivity contribution in [2.45, 2.75) is 19.1 Å². The number of anilines is 1. The normalized spacial score (nSPS) is 21.4. The van der Waals surface area contributed by atoms with Gasteiger partial charge in [-0.25, -0.2) is 9.50 Å². The van der Waals surface area contributed by atoms with Gasteiger partial charge in [-0.05, 0) is 18.6 Å². The molecule has 1 aliphatic rings. The number of hydrogen-bond acceptors (Lipinski definition) is 5. The maximum atomic E-state index is 9.49. The van der Waals surface area contributed by atoms with Crippen LogP contribution in [0.5, 0.6) is 0 Å². The molecule has 1 fully saturated rings. The number of hydrogen-bond donors (Lipinski definition) is 2. The number of β-amino-alcohol motifs (C(OH)–C–C–N with tert-alkyl or cyclic N) is 1. The minimum absolute atomic E-state index is 0.194. The number of fused-ring (bicyclic) bond motifs is 1. The molecule has 0 bridgehead atoms. The fourth-order valence-corrected chi connectivity index (χ4v) is 2.31. The number of aliphatic hydroxyl groups is 1. The number of aromatic nitrogens is 3. The van der Waals surface area contributed by atoms with E-state index in [9.17, 15) is 5.11 Å². The van der Waals surface area contributed by atoms with Crippen molar-refractivity contribution in [2.24, 2.45) is 0 Å². The molecule has 0 radical (unpaired) electrons. The molecule has 1 unspecified atom stereocenters. The second-order valence-electron chi connectivity index (χ2n) is 4.44. The van der Waals surface area contributed by atoms with Crippen molar-refractivity contribution in [3.63, 3.8) is 0 Å². The van der Waals surface area contributed by atoms with Crippen molar-refractivity contribution in [1.82, 2.24) is 19.5 Å². The van der Waals surface area contributed by atoms with Gasteiger partial charge >= 0.3 is 0 Å². The zero-order valence-electron chi connectivity index (χ0n) is 9.45. The fraction of sp³-hybridized carbons (Fsp3) is 0.455. The molecule has 1 saturated heterocycles. The molecule has 1 aliphatic heterocycles. The lowest BCUT2D eigenvalue weighted by molar-refractivity contribution is 0.174. The van der Waals surface area contributed by atoms with Gasteiger partial charge in [-0.1, -0.05) is 0 Å². The molecule has 6 heteroatoms. The van der Waals surface area contributed by atoms with Gasteiger partial charge in [-0.3, -0.25) is 4.90 Å². The smallest absolute Gasteiger partial charge is 0.151 e. The lowest BCUT2D eigenvalue weighted by Crippen LogP contribution is -2.22. The Morgan fingerprint density at radius 3 is 3.12 bits per heavy atom. The molecule has 3 rings (SSSR count). The molecule has 3 N–H and O–H groups in total. The Balaban J connectivity index is 1.88. The highest BCUT2D eigenvalue weighted by atomic mass is 16.3. The summed E-state index contributed by atoms with van der Waals surface area (Å²) in [6.45, 7) is 2.43. The van der Waals surface area contributed by atoms with Crippen molar-refractivity contribution in [1.29, 1.82) is 0 Å². The molecule has 2 aromatic heterocycles. The first kappa shape index (κ1) is 10.5. The second kappa shape index (κ2) is 3.97. The maximum absolute atomic E-state index is 9.49. The summed E-state index contributed by atoms with van der Waals surface area (Å²) in [5.74, 6) is 0.493. The van der Waals surface area contributed by atoms with Gasteiger partial charge in [0.05, 0.1) is 11.8 Å². The van der Waals surface area contributed by atoms with Crippen LogP contribution in [0.3, 0.4) is 0 Å². The summed E-state index contributed by atoms with van der Waals surface area (Å²) in [6.07, 6.45) is 2.12. The van der Waals surface area contributed by atoms with Crippen LogP contribution in [0, 0.1) is 0 Å². The van der Waals surface area contributed by atoms with Crippen LogP contribution in [0.4, 0.5) is 5.82 Å². The lowest BCUT2D eigenvalue weighted by Gasteiger charge is -2.14. The predicted octanol–water partition coefficient (Wildman–Crippen LogP) is -0.122. The molecule has 0 spiro atoms. The van der Waals surface area contributed by atoms with Crippen LogP contribution < -0.4 is 5.73 Å². The third-order valence-electron chi connectivity index (χ3n) is 3.19. The molecule has 3 heterocycles. The molecule has 90 valence electrons. The van der Waals surface area contributed by atoms with E-state index in [1.54, 1.807) is 0 Å². The van der Waals surface area contributed by atoms with Crippen LogP contribution in [-0.2, 0) is 6.54 Å². The Labute approximate surface area is 98.7 Å². The van der Waals surface area contributed by atoms with E-state index in [0.717, 1.165) is 37.3 Å². The molecule has 2 aromatic rings. The van der Waals surface area contributed by atoms with Gasteiger partial charge in [-0.2, -0.15) is 5.10 Å². The average Bonchev–Trinajstić information content (AvgIpc) is 2.88. The quantitative estimate of drug-likeness (QED) is 0.756. The minimum atomic E-state index is -0.194. The van der Waals surface area contributed by atoms with Crippen LogP contribution in [0.25, 0.3) is 5.52 Å². The summed E-state index contributed by atoms with van der Waals surface area (Å²) in [5.41, 5.74) is 7.68. The highest BCUT2D eigenvalue weighted by molar-refractivity contribution is 5.65. The van der Waals surface area contributed by atoms with Gasteiger partial charge in [0.1, 0.15) is 11.8 Å². The zero-order chi connectivity index (χ0) is 11.8. The third kappa shape index (κ3) is 1.85. The zero-order valence-corrected chi connectivity index (χ0v) is 9.45. The van der Waals surface area contributed by atoms with Crippen molar-refractivity contribution < 1.29 is 5.11 Å². The first-order chi connectivity index (χ1) is 8.24. The van der Waals surface area contributed by atoms with E-state index in [2.05, 4.69) is 15.0 Å². The number of aliphatic hydroxyl groups excluding tert-OH is 1. The Kier molecular flexibility index (Phi) is 2.45. The van der Waals surface area contributed by atoms with Crippen molar-refractivity contribution in [3.05, 3.63) is 24.2 Å². The third-order valence-corrected chi connectivity index (χ3v) is 3.19. The van der Waals surface area contributed by atoms with Crippen LogP contribution in [0.1, 0.15) is 12.1 Å². The molecule has 6 nitrogen and oxygen atoms in total. The first-order valence-electron chi connectivity index (χ1n) is 5.71. The molecule has 0 saturated carbocycles. The Morgan fingerprint density at radius 1 is 1.47 bits per heavy atom. The summed E-state index contributed by atoms with van der Waals surface area (Å²) < 4.78 is 1.81. The maximum Gasteiger partial charge on any atom is 0.151 e. The summed E-state index contributed by atoms with van der Waals surface area (Å²) in [5, 5.41) is 13.7. The Hall–Kier alpha value is -1.66. The Bertz CT molecular complexity index is 538. The Morgan fingerprint density at radius 2 is 2.35 bits per heavy atom. The minimum Gasteiger partial charge on any atom is -0.392 e. The van der Waals surface area contributed by atoms with Gasteiger partial charge in [0.15, 0.2) is 5.82 Å². The summed E-state index contributed by atoms with van der Waals surface area (Å²) in [7, 11) is 0. The van der Waals surface area contributed by atoms with Crippen molar-refractivity contribution in [2.75, 3.05) is 18.8 Å².